The Bertz CT molecular complexity index is 801. The van der Waals surface area contributed by atoms with Crippen LogP contribution in [-0.2, 0) is 16.0 Å². The number of amides is 2. The number of nitrogens with one attached hydrogen (secondary N) is 1. The van der Waals surface area contributed by atoms with Crippen molar-refractivity contribution in [2.45, 2.75) is 19.3 Å². The molecule has 1 N–H and O–H groups in total. The van der Waals surface area contributed by atoms with Gasteiger partial charge in [-0.2, -0.15) is 0 Å². The van der Waals surface area contributed by atoms with E-state index in [9.17, 15) is 9.59 Å². The van der Waals surface area contributed by atoms with Gasteiger partial charge in [0.2, 0.25) is 11.8 Å². The summed E-state index contributed by atoms with van der Waals surface area (Å²) in [6.07, 6.45) is 2.47. The van der Waals surface area contributed by atoms with Gasteiger partial charge in [0.15, 0.2) is 0 Å². The topological polar surface area (TPSA) is 52.7 Å². The van der Waals surface area contributed by atoms with Crippen LogP contribution in [0.4, 0.5) is 17.1 Å². The Labute approximate surface area is 147 Å². The molecule has 0 atom stereocenters. The van der Waals surface area contributed by atoms with Crippen LogP contribution in [0.3, 0.4) is 0 Å². The quantitative estimate of drug-likeness (QED) is 0.935. The van der Waals surface area contributed by atoms with Crippen molar-refractivity contribution in [1.82, 2.24) is 0 Å². The molecule has 2 amide bonds. The van der Waals surface area contributed by atoms with E-state index >= 15 is 0 Å². The Morgan fingerprint density at radius 1 is 1.00 bits per heavy atom. The molecule has 0 aliphatic carbocycles. The largest absolute Gasteiger partial charge is 0.376 e. The highest BCUT2D eigenvalue weighted by Gasteiger charge is 2.24. The van der Waals surface area contributed by atoms with Crippen molar-refractivity contribution in [3.8, 4) is 0 Å². The fourth-order valence-corrected chi connectivity index (χ4v) is 3.55. The summed E-state index contributed by atoms with van der Waals surface area (Å²) < 4.78 is 0. The summed E-state index contributed by atoms with van der Waals surface area (Å²) in [6.45, 7) is 1.80. The molecule has 2 aromatic carbocycles. The molecule has 1 saturated heterocycles. The number of hydrogen-bond donors (Lipinski definition) is 1. The predicted molar refractivity (Wildman–Crippen MR) is 99.0 cm³/mol. The molecule has 25 heavy (non-hydrogen) atoms. The smallest absolute Gasteiger partial charge is 0.246 e. The molecule has 5 nitrogen and oxygen atoms in total. The molecule has 0 radical (unpaired) electrons. The van der Waals surface area contributed by atoms with Crippen molar-refractivity contribution in [2.24, 2.45) is 0 Å². The summed E-state index contributed by atoms with van der Waals surface area (Å²) >= 11 is 0. The van der Waals surface area contributed by atoms with E-state index in [4.69, 9.17) is 0 Å². The summed E-state index contributed by atoms with van der Waals surface area (Å²) in [5.74, 6) is 0.257. The van der Waals surface area contributed by atoms with E-state index in [0.29, 0.717) is 6.42 Å². The number of carbonyl (C=O) groups is 2. The molecule has 0 bridgehead atoms. The second-order valence-corrected chi connectivity index (χ2v) is 6.47. The van der Waals surface area contributed by atoms with Gasteiger partial charge < -0.3 is 15.1 Å². The number of carbonyl (C=O) groups excluding carboxylic acids is 2. The summed E-state index contributed by atoms with van der Waals surface area (Å²) in [5.41, 5.74) is 4.07. The monoisotopic (exact) mass is 335 g/mol. The Morgan fingerprint density at radius 3 is 2.56 bits per heavy atom. The van der Waals surface area contributed by atoms with E-state index in [-0.39, 0.29) is 18.4 Å². The van der Waals surface area contributed by atoms with Crippen LogP contribution in [0.1, 0.15) is 18.4 Å². The number of para-hydroxylation sites is 1. The van der Waals surface area contributed by atoms with Crippen molar-refractivity contribution in [3.63, 3.8) is 0 Å². The van der Waals surface area contributed by atoms with E-state index in [2.05, 4.69) is 11.4 Å². The van der Waals surface area contributed by atoms with Gasteiger partial charge in [0.25, 0.3) is 0 Å². The van der Waals surface area contributed by atoms with E-state index in [1.165, 1.54) is 5.56 Å². The van der Waals surface area contributed by atoms with Crippen molar-refractivity contribution < 1.29 is 9.59 Å². The Hall–Kier alpha value is -2.82. The maximum Gasteiger partial charge on any atom is 0.246 e. The van der Waals surface area contributed by atoms with Crippen molar-refractivity contribution in [1.29, 1.82) is 0 Å². The van der Waals surface area contributed by atoms with Gasteiger partial charge in [0.05, 0.1) is 6.54 Å². The molecule has 0 saturated carbocycles. The van der Waals surface area contributed by atoms with Gasteiger partial charge in [-0.25, -0.2) is 0 Å². The zero-order chi connectivity index (χ0) is 17.2. The number of anilines is 3. The summed E-state index contributed by atoms with van der Waals surface area (Å²) in [7, 11) is 0. The van der Waals surface area contributed by atoms with Gasteiger partial charge in [-0.1, -0.05) is 18.2 Å². The minimum Gasteiger partial charge on any atom is -0.376 e. The number of fused-ring (bicyclic) bond motifs is 1. The number of nitrogens with zero attached hydrogens (tertiary/aromatic N) is 2. The van der Waals surface area contributed by atoms with Gasteiger partial charge in [0.1, 0.15) is 0 Å². The molecule has 2 aliphatic rings. The number of rotatable bonds is 4. The molecule has 0 aromatic heterocycles. The van der Waals surface area contributed by atoms with Gasteiger partial charge >= 0.3 is 0 Å². The third-order valence-corrected chi connectivity index (χ3v) is 4.88. The lowest BCUT2D eigenvalue weighted by atomic mass is 10.2. The lowest BCUT2D eigenvalue weighted by Gasteiger charge is -2.19. The van der Waals surface area contributed by atoms with Crippen LogP contribution < -0.4 is 15.1 Å². The zero-order valence-corrected chi connectivity index (χ0v) is 14.1. The highest BCUT2D eigenvalue weighted by atomic mass is 16.2. The fourth-order valence-electron chi connectivity index (χ4n) is 3.55. The molecule has 128 valence electrons. The molecule has 2 heterocycles. The molecule has 0 spiro atoms. The summed E-state index contributed by atoms with van der Waals surface area (Å²) in [6, 6.07) is 15.8. The first kappa shape index (κ1) is 15.7. The normalized spacial score (nSPS) is 16.2. The van der Waals surface area contributed by atoms with Crippen molar-refractivity contribution >= 4 is 28.9 Å². The molecular formula is C20H21N3O2. The fraction of sp³-hybridized carbons (Fsp3) is 0.300. The molecule has 2 aliphatic heterocycles. The lowest BCUT2D eigenvalue weighted by Crippen LogP contribution is -2.34. The Kier molecular flexibility index (Phi) is 4.14. The van der Waals surface area contributed by atoms with Crippen LogP contribution in [-0.4, -0.2) is 31.4 Å². The zero-order valence-electron chi connectivity index (χ0n) is 14.1. The third-order valence-electron chi connectivity index (χ3n) is 4.88. The molecular weight excluding hydrogens is 314 g/mol. The second-order valence-electron chi connectivity index (χ2n) is 6.47. The van der Waals surface area contributed by atoms with Crippen LogP contribution in [0.2, 0.25) is 0 Å². The molecule has 5 heteroatoms. The van der Waals surface area contributed by atoms with E-state index in [1.54, 1.807) is 0 Å². The molecule has 4 rings (SSSR count). The van der Waals surface area contributed by atoms with Crippen molar-refractivity contribution in [2.75, 3.05) is 34.8 Å². The first-order chi connectivity index (χ1) is 12.2. The second kappa shape index (κ2) is 6.59. The van der Waals surface area contributed by atoms with Crippen LogP contribution in [0.25, 0.3) is 0 Å². The van der Waals surface area contributed by atoms with Crippen LogP contribution >= 0.6 is 0 Å². The Balaban J connectivity index is 1.37. The molecule has 0 unspecified atom stereocenters. The van der Waals surface area contributed by atoms with Crippen LogP contribution in [0.15, 0.2) is 48.5 Å². The molecule has 1 fully saturated rings. The highest BCUT2D eigenvalue weighted by Crippen LogP contribution is 2.27. The van der Waals surface area contributed by atoms with Gasteiger partial charge in [0, 0.05) is 36.6 Å². The third kappa shape index (κ3) is 3.09. The average Bonchev–Trinajstić information content (AvgIpc) is 3.26. The first-order valence-corrected chi connectivity index (χ1v) is 8.75. The Morgan fingerprint density at radius 2 is 1.80 bits per heavy atom. The van der Waals surface area contributed by atoms with Gasteiger partial charge in [-0.05, 0) is 48.7 Å². The van der Waals surface area contributed by atoms with Crippen molar-refractivity contribution in [3.05, 3.63) is 54.1 Å². The number of hydrogen-bond acceptors (Lipinski definition) is 3. The highest BCUT2D eigenvalue weighted by molar-refractivity contribution is 5.98. The maximum absolute atomic E-state index is 12.5. The SMILES string of the molecule is O=C1CCCN1c1ccc(NCC(=O)N2CCc3ccccc32)cc1. The minimum absolute atomic E-state index is 0.0729. The average molecular weight is 335 g/mol. The first-order valence-electron chi connectivity index (χ1n) is 8.75. The standard InChI is InChI=1S/C20H21N3O2/c24-19-6-3-12-22(19)17-9-7-16(8-10-17)21-14-20(25)23-13-11-15-4-1-2-5-18(15)23/h1-2,4-5,7-10,21H,3,6,11-14H2. The lowest BCUT2D eigenvalue weighted by molar-refractivity contribution is -0.117. The minimum atomic E-state index is 0.0729. The van der Waals surface area contributed by atoms with E-state index in [1.807, 2.05) is 52.3 Å². The summed E-state index contributed by atoms with van der Waals surface area (Å²) in [4.78, 5) is 28.0. The van der Waals surface area contributed by atoms with Crippen LogP contribution in [0, 0.1) is 0 Å². The summed E-state index contributed by atoms with van der Waals surface area (Å²) in [5, 5.41) is 3.19. The van der Waals surface area contributed by atoms with Crippen LogP contribution in [0.5, 0.6) is 0 Å². The molecule has 2 aromatic rings. The van der Waals surface area contributed by atoms with Gasteiger partial charge in [-0.3, -0.25) is 9.59 Å². The van der Waals surface area contributed by atoms with E-state index in [0.717, 1.165) is 43.0 Å². The van der Waals surface area contributed by atoms with Gasteiger partial charge in [-0.15, -0.1) is 0 Å². The van der Waals surface area contributed by atoms with E-state index < -0.39 is 0 Å². The predicted octanol–water partition coefficient (Wildman–Crippen LogP) is 2.81. The number of benzene rings is 2. The maximum atomic E-state index is 12.5.